The summed E-state index contributed by atoms with van der Waals surface area (Å²) in [6.45, 7) is 5.39. The molecule has 0 aromatic carbocycles. The summed E-state index contributed by atoms with van der Waals surface area (Å²) in [4.78, 5) is 6.75. The van der Waals surface area contributed by atoms with Gasteiger partial charge < -0.3 is 10.6 Å². The van der Waals surface area contributed by atoms with Crippen LogP contribution in [0.5, 0.6) is 0 Å². The van der Waals surface area contributed by atoms with Gasteiger partial charge in [0.1, 0.15) is 0 Å². The van der Waals surface area contributed by atoms with E-state index in [0.717, 1.165) is 31.5 Å². The van der Waals surface area contributed by atoms with Crippen molar-refractivity contribution in [2.75, 3.05) is 31.6 Å². The van der Waals surface area contributed by atoms with E-state index in [9.17, 15) is 0 Å². The number of rotatable bonds is 7. The van der Waals surface area contributed by atoms with Crippen LogP contribution in [0.1, 0.15) is 45.4 Å². The molecule has 19 heavy (non-hydrogen) atoms. The minimum absolute atomic E-state index is 0. The van der Waals surface area contributed by atoms with E-state index in [-0.39, 0.29) is 24.0 Å². The van der Waals surface area contributed by atoms with Crippen LogP contribution in [0, 0.1) is 5.92 Å². The molecule has 0 spiro atoms. The van der Waals surface area contributed by atoms with E-state index in [4.69, 9.17) is 5.73 Å². The average Bonchev–Trinajstić information content (AvgIpc) is 2.38. The second-order valence-electron chi connectivity index (χ2n) is 5.32. The summed E-state index contributed by atoms with van der Waals surface area (Å²) in [6.07, 6.45) is 9.82. The fourth-order valence-corrected chi connectivity index (χ4v) is 2.74. The Labute approximate surface area is 140 Å². The predicted octanol–water partition coefficient (Wildman–Crippen LogP) is 3.57. The maximum absolute atomic E-state index is 6.03. The van der Waals surface area contributed by atoms with Gasteiger partial charge in [-0.2, -0.15) is 11.8 Å². The minimum Gasteiger partial charge on any atom is -0.370 e. The average molecular weight is 399 g/mol. The lowest BCUT2D eigenvalue weighted by molar-refractivity contribution is 0.277. The van der Waals surface area contributed by atoms with Gasteiger partial charge in [0.2, 0.25) is 0 Å². The zero-order valence-corrected chi connectivity index (χ0v) is 15.6. The molecule has 0 aromatic heterocycles. The van der Waals surface area contributed by atoms with E-state index in [0.29, 0.717) is 0 Å². The van der Waals surface area contributed by atoms with Crippen LogP contribution in [0.25, 0.3) is 0 Å². The molecule has 0 saturated carbocycles. The summed E-state index contributed by atoms with van der Waals surface area (Å²) in [7, 11) is 0. The number of guanidine groups is 1. The van der Waals surface area contributed by atoms with Gasteiger partial charge in [0.15, 0.2) is 5.96 Å². The van der Waals surface area contributed by atoms with Crippen molar-refractivity contribution in [1.29, 1.82) is 0 Å². The Hall–Kier alpha value is 0.350. The van der Waals surface area contributed by atoms with Crippen molar-refractivity contribution >= 4 is 41.7 Å². The van der Waals surface area contributed by atoms with Crippen LogP contribution < -0.4 is 5.73 Å². The molecule has 0 atom stereocenters. The summed E-state index contributed by atoms with van der Waals surface area (Å²) < 4.78 is 0. The van der Waals surface area contributed by atoms with E-state index in [1.807, 2.05) is 11.8 Å². The van der Waals surface area contributed by atoms with Crippen LogP contribution in [0.2, 0.25) is 0 Å². The molecular formula is C14H30IN3S. The van der Waals surface area contributed by atoms with E-state index in [1.54, 1.807) is 0 Å². The van der Waals surface area contributed by atoms with Crippen LogP contribution in [0.15, 0.2) is 4.99 Å². The Balaban J connectivity index is 0.00000324. The molecule has 3 nitrogen and oxygen atoms in total. The third kappa shape index (κ3) is 9.00. The highest BCUT2D eigenvalue weighted by molar-refractivity contribution is 14.0. The molecule has 0 radical (unpaired) electrons. The van der Waals surface area contributed by atoms with Crippen molar-refractivity contribution in [2.24, 2.45) is 16.6 Å². The van der Waals surface area contributed by atoms with Gasteiger partial charge in [-0.25, -0.2) is 0 Å². The van der Waals surface area contributed by atoms with E-state index in [1.165, 1.54) is 44.3 Å². The first-order chi connectivity index (χ1) is 8.74. The standard InChI is InChI=1S/C14H29N3S.HI/c1-13-7-10-17(11-8-13)14(15)16-9-5-3-4-6-12-18-2;/h13H,3-12H2,1-2H3,(H2,15,16);1H. The molecule has 1 aliphatic heterocycles. The lowest BCUT2D eigenvalue weighted by Crippen LogP contribution is -2.42. The largest absolute Gasteiger partial charge is 0.370 e. The number of nitrogens with two attached hydrogens (primary N) is 1. The van der Waals surface area contributed by atoms with Crippen LogP contribution in [0.3, 0.4) is 0 Å². The van der Waals surface area contributed by atoms with E-state index >= 15 is 0 Å². The van der Waals surface area contributed by atoms with Gasteiger partial charge in [-0.3, -0.25) is 4.99 Å². The van der Waals surface area contributed by atoms with Crippen molar-refractivity contribution in [3.05, 3.63) is 0 Å². The zero-order valence-electron chi connectivity index (χ0n) is 12.4. The fourth-order valence-electron chi connectivity index (χ4n) is 2.24. The van der Waals surface area contributed by atoms with Gasteiger partial charge in [-0.1, -0.05) is 19.8 Å². The normalized spacial score (nSPS) is 17.4. The van der Waals surface area contributed by atoms with Crippen molar-refractivity contribution in [3.63, 3.8) is 0 Å². The van der Waals surface area contributed by atoms with Crippen molar-refractivity contribution in [1.82, 2.24) is 4.90 Å². The lowest BCUT2D eigenvalue weighted by Gasteiger charge is -2.31. The van der Waals surface area contributed by atoms with Gasteiger partial charge in [0.25, 0.3) is 0 Å². The molecule has 0 unspecified atom stereocenters. The van der Waals surface area contributed by atoms with Crippen LogP contribution >= 0.6 is 35.7 Å². The van der Waals surface area contributed by atoms with Gasteiger partial charge in [0.05, 0.1) is 0 Å². The SMILES string of the molecule is CSCCCCCCN=C(N)N1CCC(C)CC1.I. The highest BCUT2D eigenvalue weighted by atomic mass is 127. The number of thioether (sulfide) groups is 1. The summed E-state index contributed by atoms with van der Waals surface area (Å²) >= 11 is 1.94. The van der Waals surface area contributed by atoms with E-state index in [2.05, 4.69) is 23.1 Å². The Kier molecular flexibility index (Phi) is 12.3. The van der Waals surface area contributed by atoms with E-state index < -0.39 is 0 Å². The number of halogens is 1. The van der Waals surface area contributed by atoms with Crippen molar-refractivity contribution in [3.8, 4) is 0 Å². The molecule has 0 bridgehead atoms. The number of hydrogen-bond donors (Lipinski definition) is 1. The zero-order chi connectivity index (χ0) is 13.2. The van der Waals surface area contributed by atoms with Gasteiger partial charge in [0, 0.05) is 19.6 Å². The van der Waals surface area contributed by atoms with Crippen LogP contribution in [0.4, 0.5) is 0 Å². The molecular weight excluding hydrogens is 369 g/mol. The smallest absolute Gasteiger partial charge is 0.191 e. The third-order valence-corrected chi connectivity index (χ3v) is 4.33. The summed E-state index contributed by atoms with van der Waals surface area (Å²) in [5.74, 6) is 2.91. The van der Waals surface area contributed by atoms with Crippen LogP contribution in [-0.2, 0) is 0 Å². The first-order valence-corrected chi connectivity index (χ1v) is 8.67. The van der Waals surface area contributed by atoms with Crippen LogP contribution in [-0.4, -0.2) is 42.5 Å². The predicted molar refractivity (Wildman–Crippen MR) is 98.7 cm³/mol. The minimum atomic E-state index is 0. The number of piperidine rings is 1. The summed E-state index contributed by atoms with van der Waals surface area (Å²) in [6, 6.07) is 0. The quantitative estimate of drug-likeness (QED) is 0.308. The molecule has 0 aromatic rings. The van der Waals surface area contributed by atoms with Gasteiger partial charge in [-0.05, 0) is 43.6 Å². The maximum atomic E-state index is 6.03. The Morgan fingerprint density at radius 3 is 2.47 bits per heavy atom. The molecule has 0 aliphatic carbocycles. The van der Waals surface area contributed by atoms with Crippen molar-refractivity contribution < 1.29 is 0 Å². The lowest BCUT2D eigenvalue weighted by atomic mass is 10.00. The number of nitrogens with zero attached hydrogens (tertiary/aromatic N) is 2. The molecule has 0 amide bonds. The number of likely N-dealkylation sites (tertiary alicyclic amines) is 1. The Morgan fingerprint density at radius 2 is 1.84 bits per heavy atom. The molecule has 1 heterocycles. The topological polar surface area (TPSA) is 41.6 Å². The molecule has 1 fully saturated rings. The second-order valence-corrected chi connectivity index (χ2v) is 6.30. The molecule has 2 N–H and O–H groups in total. The number of unbranched alkanes of at least 4 members (excludes halogenated alkanes) is 3. The monoisotopic (exact) mass is 399 g/mol. The molecule has 1 rings (SSSR count). The molecule has 1 saturated heterocycles. The van der Waals surface area contributed by atoms with Crippen molar-refractivity contribution in [2.45, 2.75) is 45.4 Å². The third-order valence-electron chi connectivity index (χ3n) is 3.64. The molecule has 5 heteroatoms. The van der Waals surface area contributed by atoms with Gasteiger partial charge >= 0.3 is 0 Å². The first-order valence-electron chi connectivity index (χ1n) is 7.28. The highest BCUT2D eigenvalue weighted by Crippen LogP contribution is 2.15. The number of aliphatic imine (C=N–C) groups is 1. The van der Waals surface area contributed by atoms with Gasteiger partial charge in [-0.15, -0.1) is 24.0 Å². The highest BCUT2D eigenvalue weighted by Gasteiger charge is 2.16. The second kappa shape index (κ2) is 12.1. The Bertz CT molecular complexity index is 241. The molecule has 114 valence electrons. The maximum Gasteiger partial charge on any atom is 0.191 e. The summed E-state index contributed by atoms with van der Waals surface area (Å²) in [5, 5.41) is 0. The summed E-state index contributed by atoms with van der Waals surface area (Å²) in [5.41, 5.74) is 6.03. The first kappa shape index (κ1) is 19.4. The Morgan fingerprint density at radius 1 is 1.21 bits per heavy atom. The number of hydrogen-bond acceptors (Lipinski definition) is 2. The fraction of sp³-hybridized carbons (Fsp3) is 0.929. The molecule has 1 aliphatic rings.